The summed E-state index contributed by atoms with van der Waals surface area (Å²) in [6.45, 7) is -1.55. The number of hydrogen-bond acceptors (Lipinski definition) is 2. The molecule has 358 valence electrons. The van der Waals surface area contributed by atoms with Gasteiger partial charge in [0.05, 0.1) is 0 Å². The minimum absolute atomic E-state index is 1.55. The van der Waals surface area contributed by atoms with Gasteiger partial charge in [-0.1, -0.05) is 6.92 Å². The van der Waals surface area contributed by atoms with Crippen molar-refractivity contribution in [2.45, 2.75) is 109 Å². The van der Waals surface area contributed by atoms with Gasteiger partial charge in [-0.25, -0.2) is 0 Å². The topological polar surface area (TPSA) is 74.6 Å². The van der Waals surface area contributed by atoms with Gasteiger partial charge >= 0.3 is 107 Å². The van der Waals surface area contributed by atoms with Gasteiger partial charge in [0, 0.05) is 6.42 Å². The highest BCUT2D eigenvalue weighted by atomic mass is 19.4. The van der Waals surface area contributed by atoms with Crippen molar-refractivity contribution in [3.05, 3.63) is 0 Å². The summed E-state index contributed by atoms with van der Waals surface area (Å²) in [6.07, 6.45) is -20.6. The molecule has 0 bridgehead atoms. The SMILES string of the molecule is CC(CC(=O)O)C(C(=O)O)(C(F)(F)C(F)(F)C(F)(F)C(F)(F)C(F)(F)C(F)(F)C(F)(F)C(F)(F)F)C(F)(F)C(F)(F)C(F)(F)C(F)(F)C(F)(F)C(F)(F)C(F)(F)C(F)(F)F. The molecule has 0 aliphatic carbocycles. The Morgan fingerprint density at radius 2 is 0.467 bits per heavy atom. The van der Waals surface area contributed by atoms with E-state index in [-0.39, 0.29) is 0 Å². The van der Waals surface area contributed by atoms with Crippen LogP contribution in [0.3, 0.4) is 0 Å². The molecular weight excluding hydrogens is 974 g/mol. The molecule has 1 atom stereocenters. The smallest absolute Gasteiger partial charge is 0.460 e. The van der Waals surface area contributed by atoms with Crippen molar-refractivity contribution in [1.29, 1.82) is 0 Å². The summed E-state index contributed by atoms with van der Waals surface area (Å²) in [6, 6.07) is 0. The number of carboxylic acid groups (broad SMARTS) is 2. The van der Waals surface area contributed by atoms with Crippen molar-refractivity contribution in [2.75, 3.05) is 0 Å². The predicted octanol–water partition coefficient (Wildman–Crippen LogP) is 11.2. The van der Waals surface area contributed by atoms with Crippen LogP contribution < -0.4 is 0 Å². The fourth-order valence-electron chi connectivity index (χ4n) is 4.53. The van der Waals surface area contributed by atoms with Crippen molar-refractivity contribution >= 4 is 11.9 Å². The second-order valence-electron chi connectivity index (χ2n) is 11.6. The van der Waals surface area contributed by atoms with Crippen LogP contribution >= 0.6 is 0 Å². The van der Waals surface area contributed by atoms with E-state index in [9.17, 15) is 141 Å². The Morgan fingerprint density at radius 3 is 0.600 bits per heavy atom. The van der Waals surface area contributed by atoms with E-state index >= 15 is 17.6 Å². The molecule has 0 saturated carbocycles. The molecule has 0 amide bonds. The lowest BCUT2D eigenvalue weighted by atomic mass is 9.60. The number of carbonyl (C=O) groups is 2. The highest BCUT2D eigenvalue weighted by molar-refractivity contribution is 5.80. The van der Waals surface area contributed by atoms with Gasteiger partial charge in [0.1, 0.15) is 0 Å². The Hall–Kier alpha value is -3.44. The van der Waals surface area contributed by atoms with Gasteiger partial charge in [-0.2, -0.15) is 149 Å². The van der Waals surface area contributed by atoms with Crippen LogP contribution in [0.1, 0.15) is 13.3 Å². The number of aliphatic carboxylic acids is 2. The van der Waals surface area contributed by atoms with E-state index in [4.69, 9.17) is 10.2 Å². The predicted molar refractivity (Wildman–Crippen MR) is 113 cm³/mol. The third-order valence-corrected chi connectivity index (χ3v) is 7.99. The summed E-state index contributed by atoms with van der Waals surface area (Å²) < 4.78 is 470. The lowest BCUT2D eigenvalue weighted by Gasteiger charge is -2.52. The Balaban J connectivity index is 8.86. The average Bonchev–Trinajstić information content (AvgIpc) is 2.97. The first kappa shape index (κ1) is 56.6. The molecule has 0 aromatic rings. The maximum Gasteiger partial charge on any atom is 0.460 e. The largest absolute Gasteiger partial charge is 0.481 e. The summed E-state index contributed by atoms with van der Waals surface area (Å²) in [5.74, 6) is -152. The summed E-state index contributed by atoms with van der Waals surface area (Å²) in [7, 11) is 0. The van der Waals surface area contributed by atoms with E-state index in [1.807, 2.05) is 0 Å². The fourth-order valence-corrected chi connectivity index (χ4v) is 4.53. The van der Waals surface area contributed by atoms with E-state index in [0.717, 1.165) is 0 Å². The highest BCUT2D eigenvalue weighted by Crippen LogP contribution is 2.73. The standard InChI is InChI=1S/C22H8F34O4/c1-3(2-4(57)58)6(5(59)60,7(23,24)9(27,28)11(31,32)13(35,36)15(39,40)17(43,44)19(47,48)21(51,52)53)8(25,26)10(29,30)12(33,34)14(37,38)16(41,42)18(45,46)20(49,50)22(54,55)56/h3H,2H2,1H3,(H,57,58)(H,59,60). The van der Waals surface area contributed by atoms with Gasteiger partial charge in [-0.15, -0.1) is 0 Å². The van der Waals surface area contributed by atoms with Gasteiger partial charge in [0.2, 0.25) is 5.41 Å². The minimum atomic E-state index is -10.1. The van der Waals surface area contributed by atoms with Gasteiger partial charge in [0.15, 0.2) is 0 Å². The molecule has 0 saturated heterocycles. The van der Waals surface area contributed by atoms with Crippen LogP contribution in [0.2, 0.25) is 0 Å². The zero-order chi connectivity index (χ0) is 49.9. The second-order valence-corrected chi connectivity index (χ2v) is 11.6. The number of alkyl halides is 34. The monoisotopic (exact) mass is 982 g/mol. The molecule has 0 aromatic heterocycles. The Kier molecular flexibility index (Phi) is 13.2. The quantitative estimate of drug-likeness (QED) is 0.134. The van der Waals surface area contributed by atoms with Crippen LogP contribution in [0, 0.1) is 11.3 Å². The number of carboxylic acids is 2. The molecule has 0 aromatic carbocycles. The summed E-state index contributed by atoms with van der Waals surface area (Å²) in [5, 5.41) is 17.5. The van der Waals surface area contributed by atoms with Crippen LogP contribution in [-0.4, -0.2) is 117 Å². The van der Waals surface area contributed by atoms with E-state index in [1.54, 1.807) is 0 Å². The zero-order valence-corrected chi connectivity index (χ0v) is 26.3. The Morgan fingerprint density at radius 1 is 0.317 bits per heavy atom. The van der Waals surface area contributed by atoms with Crippen LogP contribution in [0.5, 0.6) is 0 Å². The number of halogens is 34. The summed E-state index contributed by atoms with van der Waals surface area (Å²) in [4.78, 5) is 22.6. The molecule has 0 spiro atoms. The first-order valence-electron chi connectivity index (χ1n) is 13.2. The molecular formula is C22H8F34O4. The lowest BCUT2D eigenvalue weighted by Crippen LogP contribution is -2.82. The molecule has 0 fully saturated rings. The first-order valence-corrected chi connectivity index (χ1v) is 13.2. The molecule has 2 N–H and O–H groups in total. The molecule has 38 heteroatoms. The lowest BCUT2D eigenvalue weighted by molar-refractivity contribution is -0.483. The van der Waals surface area contributed by atoms with Crippen LogP contribution in [0.25, 0.3) is 0 Å². The zero-order valence-electron chi connectivity index (χ0n) is 26.3. The summed E-state index contributed by atoms with van der Waals surface area (Å²) >= 11 is 0. The molecule has 0 aliphatic rings. The maximum absolute atomic E-state index is 15.4. The first-order chi connectivity index (χ1) is 25.3. The second kappa shape index (κ2) is 14.0. The molecule has 0 heterocycles. The highest BCUT2D eigenvalue weighted by Gasteiger charge is 3.02. The van der Waals surface area contributed by atoms with E-state index < -0.39 is 132 Å². The number of rotatable bonds is 18. The maximum atomic E-state index is 15.4. The van der Waals surface area contributed by atoms with E-state index in [0.29, 0.717) is 0 Å². The third kappa shape index (κ3) is 6.39. The van der Waals surface area contributed by atoms with Crippen LogP contribution in [0.15, 0.2) is 0 Å². The molecule has 0 rings (SSSR count). The van der Waals surface area contributed by atoms with Crippen molar-refractivity contribution in [1.82, 2.24) is 0 Å². The van der Waals surface area contributed by atoms with Crippen molar-refractivity contribution in [3.8, 4) is 0 Å². The van der Waals surface area contributed by atoms with E-state index in [1.165, 1.54) is 0 Å². The average molecular weight is 982 g/mol. The molecule has 60 heavy (non-hydrogen) atoms. The molecule has 0 aliphatic heterocycles. The van der Waals surface area contributed by atoms with Crippen LogP contribution in [0.4, 0.5) is 149 Å². The molecule has 0 radical (unpaired) electrons. The van der Waals surface area contributed by atoms with Crippen molar-refractivity contribution < 1.29 is 169 Å². The fraction of sp³-hybridized carbons (Fsp3) is 0.909. The minimum Gasteiger partial charge on any atom is -0.481 e. The third-order valence-electron chi connectivity index (χ3n) is 7.99. The van der Waals surface area contributed by atoms with Gasteiger partial charge in [-0.3, -0.25) is 9.59 Å². The van der Waals surface area contributed by atoms with Crippen molar-refractivity contribution in [3.63, 3.8) is 0 Å². The summed E-state index contributed by atoms with van der Waals surface area (Å²) in [5.41, 5.74) is -8.83. The Labute approximate surface area is 302 Å². The van der Waals surface area contributed by atoms with Gasteiger partial charge < -0.3 is 10.2 Å². The number of hydrogen-bond donors (Lipinski definition) is 2. The van der Waals surface area contributed by atoms with Gasteiger partial charge in [0.25, 0.3) is 0 Å². The van der Waals surface area contributed by atoms with Gasteiger partial charge in [-0.05, 0) is 5.92 Å². The van der Waals surface area contributed by atoms with E-state index in [2.05, 4.69) is 0 Å². The van der Waals surface area contributed by atoms with Crippen molar-refractivity contribution in [2.24, 2.45) is 11.3 Å². The molecule has 4 nitrogen and oxygen atoms in total. The Bertz CT molecular complexity index is 1520. The normalized spacial score (nSPS) is 17.2. The molecule has 1 unspecified atom stereocenters. The van der Waals surface area contributed by atoms with Crippen LogP contribution in [-0.2, 0) is 9.59 Å².